The summed E-state index contributed by atoms with van der Waals surface area (Å²) in [5.74, 6) is 4.38. The maximum atomic E-state index is 6.21. The molecule has 1 aliphatic heterocycles. The highest BCUT2D eigenvalue weighted by Gasteiger charge is 2.23. The fourth-order valence-electron chi connectivity index (χ4n) is 2.84. The number of hydrogen-bond donors (Lipinski definition) is 0. The molecule has 0 bridgehead atoms. The summed E-state index contributed by atoms with van der Waals surface area (Å²) >= 11 is 6.21. The van der Waals surface area contributed by atoms with Gasteiger partial charge in [0.05, 0.1) is 0 Å². The minimum absolute atomic E-state index is 0.398. The second kappa shape index (κ2) is 6.87. The summed E-state index contributed by atoms with van der Waals surface area (Å²) in [7, 11) is 0. The lowest BCUT2D eigenvalue weighted by Gasteiger charge is -2.24. The molecule has 4 heteroatoms. The van der Waals surface area contributed by atoms with Gasteiger partial charge in [-0.25, -0.2) is 0 Å². The first-order valence-corrected chi connectivity index (χ1v) is 11.0. The van der Waals surface area contributed by atoms with Crippen LogP contribution in [-0.4, -0.2) is 6.61 Å². The van der Waals surface area contributed by atoms with E-state index >= 15 is 0 Å². The Hall–Kier alpha value is -2.35. The Morgan fingerprint density at radius 3 is 1.84 bits per heavy atom. The molecular weight excluding hydrogens is 347 g/mol. The average molecular weight is 364 g/mol. The van der Waals surface area contributed by atoms with Gasteiger partial charge in [-0.2, -0.15) is 0 Å². The van der Waals surface area contributed by atoms with E-state index in [1.165, 1.54) is 0 Å². The Morgan fingerprint density at radius 2 is 1.24 bits per heavy atom. The van der Waals surface area contributed by atoms with Gasteiger partial charge in [0.15, 0.2) is 11.5 Å². The number of ether oxygens (including phenoxy) is 2. The Bertz CT molecular complexity index is 908. The number of hydrogen-bond acceptors (Lipinski definition) is 3. The van der Waals surface area contributed by atoms with Crippen molar-refractivity contribution in [3.8, 4) is 11.5 Å². The molecule has 3 aromatic rings. The molecule has 0 aromatic heterocycles. The third-order valence-electron chi connectivity index (χ3n) is 4.07. The minimum Gasteiger partial charge on any atom is -0.482 e. The van der Waals surface area contributed by atoms with Crippen molar-refractivity contribution in [3.05, 3.63) is 96.5 Å². The molecule has 0 spiro atoms. The molecule has 0 saturated heterocycles. The van der Waals surface area contributed by atoms with Gasteiger partial charge in [0.25, 0.3) is 0 Å². The summed E-state index contributed by atoms with van der Waals surface area (Å²) in [4.78, 5) is 0. The SMILES string of the molecule is S=P(C=C1COc2ccccc2O1)(c1ccccc1)c1ccccc1. The van der Waals surface area contributed by atoms with E-state index in [0.29, 0.717) is 6.61 Å². The summed E-state index contributed by atoms with van der Waals surface area (Å²) in [6, 6.07) is 26.1. The largest absolute Gasteiger partial charge is 0.482 e. The summed E-state index contributed by atoms with van der Waals surface area (Å²) in [5, 5.41) is 2.29. The Balaban J connectivity index is 1.80. The number of benzene rings is 3. The van der Waals surface area contributed by atoms with Crippen LogP contribution in [0.15, 0.2) is 96.5 Å². The quantitative estimate of drug-likeness (QED) is 0.641. The van der Waals surface area contributed by atoms with Gasteiger partial charge in [0.1, 0.15) is 12.4 Å². The average Bonchev–Trinajstić information content (AvgIpc) is 2.69. The molecule has 0 N–H and O–H groups in total. The predicted molar refractivity (Wildman–Crippen MR) is 107 cm³/mol. The van der Waals surface area contributed by atoms with Gasteiger partial charge < -0.3 is 9.47 Å². The van der Waals surface area contributed by atoms with Gasteiger partial charge in [0, 0.05) is 6.04 Å². The van der Waals surface area contributed by atoms with Gasteiger partial charge in [-0.1, -0.05) is 84.6 Å². The zero-order valence-corrected chi connectivity index (χ0v) is 15.3. The maximum absolute atomic E-state index is 6.21. The van der Waals surface area contributed by atoms with Gasteiger partial charge in [-0.3, -0.25) is 0 Å². The van der Waals surface area contributed by atoms with E-state index in [0.717, 1.165) is 27.9 Å². The van der Waals surface area contributed by atoms with Crippen molar-refractivity contribution in [2.45, 2.75) is 0 Å². The molecule has 4 rings (SSSR count). The number of rotatable bonds is 3. The summed E-state index contributed by atoms with van der Waals surface area (Å²) in [6.07, 6.45) is 0. The molecule has 0 aliphatic carbocycles. The van der Waals surface area contributed by atoms with E-state index in [1.54, 1.807) is 0 Å². The molecule has 1 heterocycles. The van der Waals surface area contributed by atoms with Crippen LogP contribution in [0.1, 0.15) is 0 Å². The van der Waals surface area contributed by atoms with E-state index in [-0.39, 0.29) is 0 Å². The molecule has 3 aromatic carbocycles. The highest BCUT2D eigenvalue weighted by Crippen LogP contribution is 2.47. The molecule has 124 valence electrons. The molecule has 0 fully saturated rings. The lowest BCUT2D eigenvalue weighted by Crippen LogP contribution is -2.18. The molecule has 0 unspecified atom stereocenters. The van der Waals surface area contributed by atoms with Crippen LogP contribution in [0.5, 0.6) is 11.5 Å². The van der Waals surface area contributed by atoms with Crippen LogP contribution < -0.4 is 20.1 Å². The second-order valence-electron chi connectivity index (χ2n) is 5.76. The van der Waals surface area contributed by atoms with E-state index in [4.69, 9.17) is 21.3 Å². The maximum Gasteiger partial charge on any atom is 0.169 e. The highest BCUT2D eigenvalue weighted by atomic mass is 32.4. The lowest BCUT2D eigenvalue weighted by atomic mass is 10.3. The molecular formula is C21H17O2PS. The monoisotopic (exact) mass is 364 g/mol. The fourth-order valence-corrected chi connectivity index (χ4v) is 6.28. The van der Waals surface area contributed by atoms with Crippen LogP contribution in [0.25, 0.3) is 0 Å². The van der Waals surface area contributed by atoms with E-state index in [1.807, 2.05) is 60.7 Å². The first-order chi connectivity index (χ1) is 12.3. The zero-order valence-electron chi connectivity index (χ0n) is 13.5. The molecule has 0 saturated carbocycles. The molecule has 25 heavy (non-hydrogen) atoms. The Labute approximate surface area is 152 Å². The third-order valence-corrected chi connectivity index (χ3v) is 8.43. The first kappa shape index (κ1) is 16.1. The van der Waals surface area contributed by atoms with Crippen LogP contribution in [0, 0.1) is 0 Å². The summed E-state index contributed by atoms with van der Waals surface area (Å²) < 4.78 is 11.9. The Morgan fingerprint density at radius 1 is 0.720 bits per heavy atom. The fraction of sp³-hybridized carbons (Fsp3) is 0.0476. The molecule has 0 radical (unpaired) electrons. The molecule has 0 atom stereocenters. The standard InChI is InChI=1S/C21H17O2PS/c25-24(18-9-3-1-4-10-18,19-11-5-2-6-12-19)16-17-15-22-20-13-7-8-14-21(20)23-17/h1-14,16H,15H2. The van der Waals surface area contributed by atoms with Crippen molar-refractivity contribution in [3.63, 3.8) is 0 Å². The Kier molecular flexibility index (Phi) is 4.44. The summed E-state index contributed by atoms with van der Waals surface area (Å²) in [6.45, 7) is 0.398. The van der Waals surface area contributed by atoms with Gasteiger partial charge in [-0.05, 0) is 28.6 Å². The molecule has 1 aliphatic rings. The zero-order chi connectivity index (χ0) is 17.1. The third kappa shape index (κ3) is 3.26. The van der Waals surface area contributed by atoms with E-state index < -0.39 is 6.04 Å². The van der Waals surface area contributed by atoms with Gasteiger partial charge in [-0.15, -0.1) is 0 Å². The van der Waals surface area contributed by atoms with Crippen molar-refractivity contribution >= 4 is 28.5 Å². The van der Waals surface area contributed by atoms with Crippen molar-refractivity contribution in [2.24, 2.45) is 0 Å². The predicted octanol–water partition coefficient (Wildman–Crippen LogP) is 4.43. The highest BCUT2D eigenvalue weighted by molar-refractivity contribution is 8.23. The van der Waals surface area contributed by atoms with Crippen molar-refractivity contribution in [1.82, 2.24) is 0 Å². The first-order valence-electron chi connectivity index (χ1n) is 8.08. The normalized spacial score (nSPS) is 15.1. The van der Waals surface area contributed by atoms with Crippen molar-refractivity contribution < 1.29 is 9.47 Å². The van der Waals surface area contributed by atoms with Crippen LogP contribution in [-0.2, 0) is 11.8 Å². The molecule has 2 nitrogen and oxygen atoms in total. The minimum atomic E-state index is -2.14. The van der Waals surface area contributed by atoms with Crippen LogP contribution >= 0.6 is 6.04 Å². The summed E-state index contributed by atoms with van der Waals surface area (Å²) in [5.41, 5.74) is 0. The smallest absolute Gasteiger partial charge is 0.169 e. The topological polar surface area (TPSA) is 18.5 Å². The van der Waals surface area contributed by atoms with Crippen molar-refractivity contribution in [2.75, 3.05) is 6.61 Å². The number of para-hydroxylation sites is 2. The van der Waals surface area contributed by atoms with Crippen LogP contribution in [0.3, 0.4) is 0 Å². The lowest BCUT2D eigenvalue weighted by molar-refractivity contribution is 0.233. The van der Waals surface area contributed by atoms with E-state index in [2.05, 4.69) is 30.1 Å². The second-order valence-corrected chi connectivity index (χ2v) is 10.1. The molecule has 0 amide bonds. The van der Waals surface area contributed by atoms with Crippen LogP contribution in [0.2, 0.25) is 0 Å². The van der Waals surface area contributed by atoms with Gasteiger partial charge in [0.2, 0.25) is 0 Å². The van der Waals surface area contributed by atoms with Crippen molar-refractivity contribution in [1.29, 1.82) is 0 Å². The van der Waals surface area contributed by atoms with Crippen LogP contribution in [0.4, 0.5) is 0 Å². The van der Waals surface area contributed by atoms with Gasteiger partial charge >= 0.3 is 0 Å². The number of fused-ring (bicyclic) bond motifs is 1. The van der Waals surface area contributed by atoms with E-state index in [9.17, 15) is 0 Å².